The molecule has 0 saturated carbocycles. The standard InChI is InChI=1S/C11H15N3O4/c1-7(12)5-11(15)13-9-4-3-8(18-2)6-10(9)14(16)17/h3-4,6-7H,5,12H2,1-2H3,(H,13,15). The Balaban J connectivity index is 2.94. The van der Waals surface area contributed by atoms with Crippen LogP contribution in [0, 0.1) is 10.1 Å². The van der Waals surface area contributed by atoms with E-state index in [9.17, 15) is 14.9 Å². The van der Waals surface area contributed by atoms with Gasteiger partial charge in [0.1, 0.15) is 11.4 Å². The van der Waals surface area contributed by atoms with Crippen LogP contribution in [-0.2, 0) is 4.79 Å². The summed E-state index contributed by atoms with van der Waals surface area (Å²) in [7, 11) is 1.41. The highest BCUT2D eigenvalue weighted by Gasteiger charge is 2.17. The fourth-order valence-corrected chi connectivity index (χ4v) is 1.39. The van der Waals surface area contributed by atoms with Crippen LogP contribution in [0.3, 0.4) is 0 Å². The van der Waals surface area contributed by atoms with Crippen LogP contribution in [0.15, 0.2) is 18.2 Å². The van der Waals surface area contributed by atoms with E-state index < -0.39 is 4.92 Å². The number of benzene rings is 1. The number of carbonyl (C=O) groups is 1. The van der Waals surface area contributed by atoms with E-state index in [4.69, 9.17) is 10.5 Å². The molecular formula is C11H15N3O4. The van der Waals surface area contributed by atoms with E-state index in [2.05, 4.69) is 5.32 Å². The van der Waals surface area contributed by atoms with Gasteiger partial charge in [-0.05, 0) is 19.1 Å². The van der Waals surface area contributed by atoms with Crippen molar-refractivity contribution in [2.45, 2.75) is 19.4 Å². The normalized spacial score (nSPS) is 11.7. The summed E-state index contributed by atoms with van der Waals surface area (Å²) in [4.78, 5) is 21.8. The van der Waals surface area contributed by atoms with Gasteiger partial charge in [0.05, 0.1) is 18.1 Å². The molecule has 18 heavy (non-hydrogen) atoms. The van der Waals surface area contributed by atoms with Gasteiger partial charge >= 0.3 is 0 Å². The monoisotopic (exact) mass is 253 g/mol. The smallest absolute Gasteiger partial charge is 0.296 e. The average molecular weight is 253 g/mol. The molecular weight excluding hydrogens is 238 g/mol. The lowest BCUT2D eigenvalue weighted by atomic mass is 10.2. The Morgan fingerprint density at radius 1 is 1.61 bits per heavy atom. The highest BCUT2D eigenvalue weighted by atomic mass is 16.6. The zero-order valence-electron chi connectivity index (χ0n) is 10.2. The highest BCUT2D eigenvalue weighted by molar-refractivity contribution is 5.93. The molecule has 1 aromatic rings. The molecule has 0 aliphatic rings. The van der Waals surface area contributed by atoms with Crippen LogP contribution in [0.1, 0.15) is 13.3 Å². The largest absolute Gasteiger partial charge is 0.496 e. The molecule has 0 aromatic heterocycles. The van der Waals surface area contributed by atoms with Crippen LogP contribution in [0.2, 0.25) is 0 Å². The Morgan fingerprint density at radius 2 is 2.28 bits per heavy atom. The predicted molar refractivity (Wildman–Crippen MR) is 66.5 cm³/mol. The fourth-order valence-electron chi connectivity index (χ4n) is 1.39. The van der Waals surface area contributed by atoms with Gasteiger partial charge in [-0.2, -0.15) is 0 Å². The van der Waals surface area contributed by atoms with Crippen LogP contribution in [0.25, 0.3) is 0 Å². The van der Waals surface area contributed by atoms with Crippen LogP contribution < -0.4 is 15.8 Å². The van der Waals surface area contributed by atoms with E-state index >= 15 is 0 Å². The molecule has 1 unspecified atom stereocenters. The van der Waals surface area contributed by atoms with Crippen molar-refractivity contribution in [2.24, 2.45) is 5.73 Å². The number of hydrogen-bond acceptors (Lipinski definition) is 5. The number of ether oxygens (including phenoxy) is 1. The Labute approximate surface area is 104 Å². The quantitative estimate of drug-likeness (QED) is 0.607. The summed E-state index contributed by atoms with van der Waals surface area (Å²) in [6, 6.07) is 3.91. The van der Waals surface area contributed by atoms with Crippen molar-refractivity contribution in [1.29, 1.82) is 0 Å². The lowest BCUT2D eigenvalue weighted by Crippen LogP contribution is -2.24. The van der Waals surface area contributed by atoms with Crippen LogP contribution in [0.4, 0.5) is 11.4 Å². The van der Waals surface area contributed by atoms with Gasteiger partial charge in [0.15, 0.2) is 0 Å². The number of carbonyl (C=O) groups excluding carboxylic acids is 1. The number of nitrogens with one attached hydrogen (secondary N) is 1. The lowest BCUT2D eigenvalue weighted by molar-refractivity contribution is -0.384. The van der Waals surface area contributed by atoms with E-state index in [-0.39, 0.29) is 29.7 Å². The minimum atomic E-state index is -0.579. The second-order valence-corrected chi connectivity index (χ2v) is 3.87. The fraction of sp³-hybridized carbons (Fsp3) is 0.364. The molecule has 0 radical (unpaired) electrons. The van der Waals surface area contributed by atoms with Gasteiger partial charge in [-0.1, -0.05) is 0 Å². The molecule has 0 heterocycles. The van der Waals surface area contributed by atoms with Crippen molar-refractivity contribution in [2.75, 3.05) is 12.4 Å². The minimum Gasteiger partial charge on any atom is -0.496 e. The van der Waals surface area contributed by atoms with Gasteiger partial charge < -0.3 is 15.8 Å². The summed E-state index contributed by atoms with van der Waals surface area (Å²) in [5, 5.41) is 13.3. The third kappa shape index (κ3) is 3.70. The first-order chi connectivity index (χ1) is 8.43. The third-order valence-corrected chi connectivity index (χ3v) is 2.18. The molecule has 0 aliphatic carbocycles. The van der Waals surface area contributed by atoms with Crippen molar-refractivity contribution in [3.8, 4) is 5.75 Å². The number of hydrogen-bond donors (Lipinski definition) is 2. The molecule has 0 fully saturated rings. The molecule has 7 heteroatoms. The van der Waals surface area contributed by atoms with Gasteiger partial charge in [-0.3, -0.25) is 14.9 Å². The third-order valence-electron chi connectivity index (χ3n) is 2.18. The lowest BCUT2D eigenvalue weighted by Gasteiger charge is -2.08. The minimum absolute atomic E-state index is 0.100. The zero-order valence-corrected chi connectivity index (χ0v) is 10.2. The van der Waals surface area contributed by atoms with Crippen molar-refractivity contribution in [3.05, 3.63) is 28.3 Å². The predicted octanol–water partition coefficient (Wildman–Crippen LogP) is 1.28. The van der Waals surface area contributed by atoms with E-state index in [0.717, 1.165) is 0 Å². The summed E-state index contributed by atoms with van der Waals surface area (Å²) in [5.74, 6) is -0.00911. The molecule has 0 aliphatic heterocycles. The second-order valence-electron chi connectivity index (χ2n) is 3.87. The number of rotatable bonds is 5. The maximum atomic E-state index is 11.5. The first kappa shape index (κ1) is 13.9. The van der Waals surface area contributed by atoms with Crippen molar-refractivity contribution < 1.29 is 14.5 Å². The summed E-state index contributed by atoms with van der Waals surface area (Å²) in [5.41, 5.74) is 5.39. The maximum absolute atomic E-state index is 11.5. The van der Waals surface area contributed by atoms with E-state index in [0.29, 0.717) is 5.75 Å². The van der Waals surface area contributed by atoms with Crippen molar-refractivity contribution in [3.63, 3.8) is 0 Å². The molecule has 1 rings (SSSR count). The molecule has 1 amide bonds. The molecule has 3 N–H and O–H groups in total. The van der Waals surface area contributed by atoms with Crippen LogP contribution in [0.5, 0.6) is 5.75 Å². The number of anilines is 1. The first-order valence-electron chi connectivity index (χ1n) is 5.32. The van der Waals surface area contributed by atoms with Crippen LogP contribution >= 0.6 is 0 Å². The molecule has 1 atom stereocenters. The number of nitro groups is 1. The van der Waals surface area contributed by atoms with Gasteiger partial charge in [-0.15, -0.1) is 0 Å². The topological polar surface area (TPSA) is 107 Å². The highest BCUT2D eigenvalue weighted by Crippen LogP contribution is 2.28. The first-order valence-corrected chi connectivity index (χ1v) is 5.32. The van der Waals surface area contributed by atoms with E-state index in [1.807, 2.05) is 0 Å². The van der Waals surface area contributed by atoms with Crippen molar-refractivity contribution in [1.82, 2.24) is 0 Å². The molecule has 1 aromatic carbocycles. The molecule has 0 spiro atoms. The SMILES string of the molecule is COc1ccc(NC(=O)CC(C)N)c([N+](=O)[O-])c1. The van der Waals surface area contributed by atoms with E-state index in [1.54, 1.807) is 6.92 Å². The summed E-state index contributed by atoms with van der Waals surface area (Å²) >= 11 is 0. The number of nitrogens with zero attached hydrogens (tertiary/aromatic N) is 1. The Kier molecular flexibility index (Phi) is 4.61. The van der Waals surface area contributed by atoms with Gasteiger partial charge in [0.2, 0.25) is 5.91 Å². The molecule has 0 saturated heterocycles. The summed E-state index contributed by atoms with van der Waals surface area (Å²) in [6.45, 7) is 1.68. The second kappa shape index (κ2) is 5.97. The number of methoxy groups -OCH3 is 1. The average Bonchev–Trinajstić information content (AvgIpc) is 2.28. The number of nitro benzene ring substituents is 1. The maximum Gasteiger partial charge on any atom is 0.296 e. The summed E-state index contributed by atoms with van der Waals surface area (Å²) < 4.78 is 4.89. The Morgan fingerprint density at radius 3 is 2.78 bits per heavy atom. The van der Waals surface area contributed by atoms with Crippen molar-refractivity contribution >= 4 is 17.3 Å². The molecule has 98 valence electrons. The number of amides is 1. The van der Waals surface area contributed by atoms with E-state index in [1.165, 1.54) is 25.3 Å². The zero-order chi connectivity index (χ0) is 13.7. The molecule has 7 nitrogen and oxygen atoms in total. The number of nitrogens with two attached hydrogens (primary N) is 1. The molecule has 0 bridgehead atoms. The van der Waals surface area contributed by atoms with Gasteiger partial charge in [-0.25, -0.2) is 0 Å². The van der Waals surface area contributed by atoms with Gasteiger partial charge in [0, 0.05) is 12.5 Å². The van der Waals surface area contributed by atoms with Crippen LogP contribution in [-0.4, -0.2) is 24.0 Å². The Hall–Kier alpha value is -2.15. The van der Waals surface area contributed by atoms with Gasteiger partial charge in [0.25, 0.3) is 5.69 Å². The Bertz CT molecular complexity index is 460. The summed E-state index contributed by atoms with van der Waals surface area (Å²) in [6.07, 6.45) is 0.100.